The Morgan fingerprint density at radius 2 is 1.92 bits per heavy atom. The molecule has 24 heavy (non-hydrogen) atoms. The number of carbonyl (C=O) groups excluding carboxylic acids is 3. The summed E-state index contributed by atoms with van der Waals surface area (Å²) in [5.41, 5.74) is 0.633. The number of urea groups is 1. The van der Waals surface area contributed by atoms with Gasteiger partial charge in [0.1, 0.15) is 12.6 Å². The average Bonchev–Trinajstić information content (AvgIpc) is 2.77. The van der Waals surface area contributed by atoms with Gasteiger partial charge in [0.25, 0.3) is 0 Å². The van der Waals surface area contributed by atoms with E-state index >= 15 is 0 Å². The third kappa shape index (κ3) is 4.47. The predicted molar refractivity (Wildman–Crippen MR) is 94.6 cm³/mol. The molecule has 2 atom stereocenters. The van der Waals surface area contributed by atoms with Crippen molar-refractivity contribution in [2.75, 3.05) is 26.0 Å². The maximum absolute atomic E-state index is 12.4. The lowest BCUT2D eigenvalue weighted by molar-refractivity contribution is -0.138. The van der Waals surface area contributed by atoms with E-state index in [9.17, 15) is 14.4 Å². The Bertz CT molecular complexity index is 633. The maximum atomic E-state index is 12.4. The van der Waals surface area contributed by atoms with E-state index in [0.717, 1.165) is 4.47 Å². The standard InChI is InChI=1S/C16H21BrN4O3/c1-10-8-13(15(23)21(10)9-14(22)20(2)3)19-16(24)18-12-6-4-11(17)5-7-12/h4-7,10,13H,8-9H2,1-3H3,(H2,18,19,24)/t10?,13-/m0/s1. The van der Waals surface area contributed by atoms with Gasteiger partial charge in [0.05, 0.1) is 0 Å². The van der Waals surface area contributed by atoms with E-state index in [0.29, 0.717) is 12.1 Å². The van der Waals surface area contributed by atoms with Crippen LogP contribution in [-0.2, 0) is 9.59 Å². The second-order valence-electron chi connectivity index (χ2n) is 6.00. The molecule has 130 valence electrons. The van der Waals surface area contributed by atoms with Crippen molar-refractivity contribution < 1.29 is 14.4 Å². The van der Waals surface area contributed by atoms with Crippen molar-refractivity contribution in [3.63, 3.8) is 0 Å². The van der Waals surface area contributed by atoms with Crippen molar-refractivity contribution in [3.8, 4) is 0 Å². The summed E-state index contributed by atoms with van der Waals surface area (Å²) in [7, 11) is 3.30. The van der Waals surface area contributed by atoms with Crippen molar-refractivity contribution in [1.29, 1.82) is 0 Å². The van der Waals surface area contributed by atoms with Gasteiger partial charge >= 0.3 is 6.03 Å². The number of carbonyl (C=O) groups is 3. The molecule has 1 saturated heterocycles. The van der Waals surface area contributed by atoms with Crippen LogP contribution in [0.1, 0.15) is 13.3 Å². The normalized spacial score (nSPS) is 20.0. The fraction of sp³-hybridized carbons (Fsp3) is 0.438. The van der Waals surface area contributed by atoms with E-state index in [2.05, 4.69) is 26.6 Å². The van der Waals surface area contributed by atoms with Crippen molar-refractivity contribution in [1.82, 2.24) is 15.1 Å². The van der Waals surface area contributed by atoms with E-state index in [4.69, 9.17) is 0 Å². The highest BCUT2D eigenvalue weighted by molar-refractivity contribution is 9.10. The minimum atomic E-state index is -0.620. The number of rotatable bonds is 4. The summed E-state index contributed by atoms with van der Waals surface area (Å²) in [6.45, 7) is 1.90. The molecule has 1 fully saturated rings. The zero-order valence-corrected chi connectivity index (χ0v) is 15.5. The zero-order chi connectivity index (χ0) is 17.9. The molecule has 1 aromatic rings. The Morgan fingerprint density at radius 3 is 2.50 bits per heavy atom. The molecule has 1 aromatic carbocycles. The van der Waals surface area contributed by atoms with Gasteiger partial charge in [-0.3, -0.25) is 9.59 Å². The molecule has 0 spiro atoms. The molecule has 2 rings (SSSR count). The van der Waals surface area contributed by atoms with Gasteiger partial charge in [0, 0.05) is 30.3 Å². The molecule has 1 unspecified atom stereocenters. The Labute approximate surface area is 149 Å². The van der Waals surface area contributed by atoms with Crippen molar-refractivity contribution in [2.45, 2.75) is 25.4 Å². The zero-order valence-electron chi connectivity index (χ0n) is 13.9. The molecule has 1 aliphatic heterocycles. The lowest BCUT2D eigenvalue weighted by Gasteiger charge is -2.22. The van der Waals surface area contributed by atoms with Crippen LogP contribution in [0.3, 0.4) is 0 Å². The first-order chi connectivity index (χ1) is 11.3. The Balaban J connectivity index is 1.93. The lowest BCUT2D eigenvalue weighted by atomic mass is 10.2. The summed E-state index contributed by atoms with van der Waals surface area (Å²) >= 11 is 3.32. The molecule has 0 saturated carbocycles. The molecule has 0 aromatic heterocycles. The number of nitrogens with zero attached hydrogens (tertiary/aromatic N) is 2. The van der Waals surface area contributed by atoms with Crippen molar-refractivity contribution in [2.24, 2.45) is 0 Å². The topological polar surface area (TPSA) is 81.8 Å². The number of halogens is 1. The van der Waals surface area contributed by atoms with Crippen LogP contribution < -0.4 is 10.6 Å². The fourth-order valence-corrected chi connectivity index (χ4v) is 2.75. The molecular formula is C16H21BrN4O3. The van der Waals surface area contributed by atoms with Gasteiger partial charge in [-0.25, -0.2) is 4.79 Å². The van der Waals surface area contributed by atoms with Gasteiger partial charge in [-0.1, -0.05) is 15.9 Å². The predicted octanol–water partition coefficient (Wildman–Crippen LogP) is 1.65. The molecule has 8 heteroatoms. The van der Waals surface area contributed by atoms with Crippen LogP contribution in [0.2, 0.25) is 0 Å². The quantitative estimate of drug-likeness (QED) is 0.811. The summed E-state index contributed by atoms with van der Waals surface area (Å²) < 4.78 is 0.912. The van der Waals surface area contributed by atoms with Gasteiger partial charge in [-0.15, -0.1) is 0 Å². The highest BCUT2D eigenvalue weighted by Gasteiger charge is 2.38. The summed E-state index contributed by atoms with van der Waals surface area (Å²) in [5, 5.41) is 5.37. The summed E-state index contributed by atoms with van der Waals surface area (Å²) in [6.07, 6.45) is 0.479. The maximum Gasteiger partial charge on any atom is 0.319 e. The van der Waals surface area contributed by atoms with Gasteiger partial charge in [-0.05, 0) is 37.6 Å². The van der Waals surface area contributed by atoms with E-state index < -0.39 is 12.1 Å². The number of nitrogens with one attached hydrogen (secondary N) is 2. The van der Waals surface area contributed by atoms with Crippen LogP contribution in [-0.4, -0.2) is 60.4 Å². The second kappa shape index (κ2) is 7.65. The van der Waals surface area contributed by atoms with Crippen LogP contribution in [0.4, 0.5) is 10.5 Å². The Morgan fingerprint density at radius 1 is 1.29 bits per heavy atom. The van der Waals surface area contributed by atoms with E-state index in [1.807, 2.05) is 19.1 Å². The van der Waals surface area contributed by atoms with Crippen LogP contribution in [0.25, 0.3) is 0 Å². The molecule has 0 radical (unpaired) electrons. The molecule has 1 heterocycles. The van der Waals surface area contributed by atoms with Crippen molar-refractivity contribution >= 4 is 39.5 Å². The number of hydrogen-bond acceptors (Lipinski definition) is 3. The SMILES string of the molecule is CC1C[C@H](NC(=O)Nc2ccc(Br)cc2)C(=O)N1CC(=O)N(C)C. The number of anilines is 1. The summed E-state index contributed by atoms with van der Waals surface area (Å²) in [6, 6.07) is 5.98. The molecule has 7 nitrogen and oxygen atoms in total. The van der Waals surface area contributed by atoms with Gasteiger partial charge in [0.15, 0.2) is 0 Å². The third-order valence-electron chi connectivity index (χ3n) is 3.90. The lowest BCUT2D eigenvalue weighted by Crippen LogP contribution is -2.46. The number of benzene rings is 1. The molecule has 1 aliphatic rings. The highest BCUT2D eigenvalue weighted by atomic mass is 79.9. The molecule has 0 aliphatic carbocycles. The number of amides is 4. The van der Waals surface area contributed by atoms with Crippen molar-refractivity contribution in [3.05, 3.63) is 28.7 Å². The second-order valence-corrected chi connectivity index (χ2v) is 6.91. The number of hydrogen-bond donors (Lipinski definition) is 2. The van der Waals surface area contributed by atoms with Crippen LogP contribution in [0, 0.1) is 0 Å². The van der Waals surface area contributed by atoms with Gasteiger partial charge in [-0.2, -0.15) is 0 Å². The summed E-state index contributed by atoms with van der Waals surface area (Å²) in [5.74, 6) is -0.376. The van der Waals surface area contributed by atoms with E-state index in [-0.39, 0.29) is 24.4 Å². The van der Waals surface area contributed by atoms with Crippen LogP contribution >= 0.6 is 15.9 Å². The first-order valence-corrected chi connectivity index (χ1v) is 8.41. The van der Waals surface area contributed by atoms with Crippen LogP contribution in [0.5, 0.6) is 0 Å². The van der Waals surface area contributed by atoms with Crippen LogP contribution in [0.15, 0.2) is 28.7 Å². The highest BCUT2D eigenvalue weighted by Crippen LogP contribution is 2.19. The Kier molecular flexibility index (Phi) is 5.82. The first kappa shape index (κ1) is 18.3. The van der Waals surface area contributed by atoms with E-state index in [1.165, 1.54) is 9.80 Å². The minimum absolute atomic E-state index is 0.0273. The average molecular weight is 397 g/mol. The smallest absolute Gasteiger partial charge is 0.319 e. The molecule has 2 N–H and O–H groups in total. The Hall–Kier alpha value is -2.09. The number of likely N-dealkylation sites (tertiary alicyclic amines) is 1. The summed E-state index contributed by atoms with van der Waals surface area (Å²) in [4.78, 5) is 39.2. The molecule has 0 bridgehead atoms. The minimum Gasteiger partial charge on any atom is -0.347 e. The molecule has 4 amide bonds. The molecular weight excluding hydrogens is 376 g/mol. The third-order valence-corrected chi connectivity index (χ3v) is 4.43. The number of likely N-dealkylation sites (N-methyl/N-ethyl adjacent to an activating group) is 1. The first-order valence-electron chi connectivity index (χ1n) is 7.61. The van der Waals surface area contributed by atoms with Gasteiger partial charge in [0.2, 0.25) is 11.8 Å². The monoisotopic (exact) mass is 396 g/mol. The van der Waals surface area contributed by atoms with E-state index in [1.54, 1.807) is 26.2 Å². The van der Waals surface area contributed by atoms with Gasteiger partial charge < -0.3 is 20.4 Å². The fourth-order valence-electron chi connectivity index (χ4n) is 2.49. The largest absolute Gasteiger partial charge is 0.347 e.